The van der Waals surface area contributed by atoms with Gasteiger partial charge in [0, 0.05) is 25.6 Å². The summed E-state index contributed by atoms with van der Waals surface area (Å²) < 4.78 is 26.9. The van der Waals surface area contributed by atoms with Gasteiger partial charge in [0.15, 0.2) is 11.5 Å². The van der Waals surface area contributed by atoms with E-state index in [0.29, 0.717) is 25.9 Å². The Morgan fingerprint density at radius 3 is 2.68 bits per heavy atom. The van der Waals surface area contributed by atoms with Crippen LogP contribution in [0.1, 0.15) is 43.1 Å². The molecule has 2 aliphatic heterocycles. The molecule has 0 spiro atoms. The Kier molecular flexibility index (Phi) is 5.15. The zero-order valence-electron chi connectivity index (χ0n) is 16.5. The minimum atomic E-state index is -3.27. The number of sulfonamides is 1. The standard InChI is InChI=1S/C18H28N6O3S/c1-14-4-5-16-19-20-17(24(16)21-14)15-6-10-22(11-7-15)12-18(25)8-3-9-23(13-18)28(2,26)27/h4-5,15,25H,3,6-13H2,1-2H3. The number of rotatable bonds is 4. The highest BCUT2D eigenvalue weighted by Crippen LogP contribution is 2.30. The summed E-state index contributed by atoms with van der Waals surface area (Å²) in [4.78, 5) is 2.24. The molecule has 0 aliphatic carbocycles. The van der Waals surface area contributed by atoms with Gasteiger partial charge in [-0.15, -0.1) is 10.2 Å². The number of likely N-dealkylation sites (tertiary alicyclic amines) is 1. The quantitative estimate of drug-likeness (QED) is 0.781. The van der Waals surface area contributed by atoms with Crippen LogP contribution in [0.5, 0.6) is 0 Å². The molecule has 1 unspecified atom stereocenters. The second-order valence-electron chi connectivity index (χ2n) is 8.28. The van der Waals surface area contributed by atoms with Crippen LogP contribution in [-0.2, 0) is 10.0 Å². The van der Waals surface area contributed by atoms with Crippen LogP contribution in [0.25, 0.3) is 5.65 Å². The van der Waals surface area contributed by atoms with E-state index in [1.165, 1.54) is 10.6 Å². The van der Waals surface area contributed by atoms with Gasteiger partial charge in [0.2, 0.25) is 10.0 Å². The van der Waals surface area contributed by atoms with Gasteiger partial charge in [-0.05, 0) is 57.8 Å². The predicted octanol–water partition coefficient (Wildman–Crippen LogP) is 0.399. The van der Waals surface area contributed by atoms with E-state index in [4.69, 9.17) is 0 Å². The third-order valence-electron chi connectivity index (χ3n) is 5.88. The van der Waals surface area contributed by atoms with Crippen LogP contribution in [0, 0.1) is 6.92 Å². The van der Waals surface area contributed by atoms with Crippen molar-refractivity contribution in [1.29, 1.82) is 0 Å². The number of aryl methyl sites for hydroxylation is 1. The maximum absolute atomic E-state index is 11.9. The Balaban J connectivity index is 1.39. The summed E-state index contributed by atoms with van der Waals surface area (Å²) >= 11 is 0. The van der Waals surface area contributed by atoms with E-state index in [9.17, 15) is 13.5 Å². The second-order valence-corrected chi connectivity index (χ2v) is 10.3. The van der Waals surface area contributed by atoms with Crippen molar-refractivity contribution in [3.05, 3.63) is 23.7 Å². The second kappa shape index (κ2) is 7.33. The SMILES string of the molecule is Cc1ccc2nnc(C3CCN(CC4(O)CCCN(S(C)(=O)=O)C4)CC3)n2n1. The van der Waals surface area contributed by atoms with Gasteiger partial charge in [0.1, 0.15) is 0 Å². The van der Waals surface area contributed by atoms with E-state index in [0.717, 1.165) is 43.1 Å². The maximum Gasteiger partial charge on any atom is 0.211 e. The van der Waals surface area contributed by atoms with Crippen LogP contribution < -0.4 is 0 Å². The van der Waals surface area contributed by atoms with Crippen molar-refractivity contribution in [2.24, 2.45) is 0 Å². The molecule has 4 rings (SSSR count). The lowest BCUT2D eigenvalue weighted by Gasteiger charge is -2.42. The summed E-state index contributed by atoms with van der Waals surface area (Å²) in [5.41, 5.74) is 0.718. The molecule has 1 N–H and O–H groups in total. The topological polar surface area (TPSA) is 104 Å². The lowest BCUT2D eigenvalue weighted by Crippen LogP contribution is -2.56. The molecule has 0 radical (unpaired) electrons. The lowest BCUT2D eigenvalue weighted by molar-refractivity contribution is -0.0389. The fourth-order valence-corrected chi connectivity index (χ4v) is 5.34. The number of piperidine rings is 2. The molecule has 0 aromatic carbocycles. The highest BCUT2D eigenvalue weighted by Gasteiger charge is 2.39. The number of hydrogen-bond donors (Lipinski definition) is 1. The first-order chi connectivity index (χ1) is 13.2. The van der Waals surface area contributed by atoms with Crippen molar-refractivity contribution in [2.75, 3.05) is 39.0 Å². The van der Waals surface area contributed by atoms with Gasteiger partial charge in [-0.25, -0.2) is 8.42 Å². The first-order valence-corrected chi connectivity index (χ1v) is 11.7. The largest absolute Gasteiger partial charge is 0.387 e. The number of nitrogens with zero attached hydrogens (tertiary/aromatic N) is 6. The van der Waals surface area contributed by atoms with Crippen LogP contribution >= 0.6 is 0 Å². The molecule has 2 saturated heterocycles. The van der Waals surface area contributed by atoms with Crippen molar-refractivity contribution in [3.63, 3.8) is 0 Å². The molecule has 2 aliphatic rings. The smallest absolute Gasteiger partial charge is 0.211 e. The molecule has 10 heteroatoms. The van der Waals surface area contributed by atoms with Gasteiger partial charge in [0.05, 0.1) is 17.6 Å². The number of β-amino-alcohol motifs (C(OH)–C–C–N with tert-alkyl or cyclic N) is 1. The van der Waals surface area contributed by atoms with E-state index in [1.807, 2.05) is 23.6 Å². The average molecular weight is 409 g/mol. The molecule has 2 aromatic heterocycles. The van der Waals surface area contributed by atoms with E-state index in [-0.39, 0.29) is 12.5 Å². The Bertz CT molecular complexity index is 953. The molecule has 0 saturated carbocycles. The zero-order valence-corrected chi connectivity index (χ0v) is 17.3. The monoisotopic (exact) mass is 408 g/mol. The molecule has 28 heavy (non-hydrogen) atoms. The molecule has 9 nitrogen and oxygen atoms in total. The molecule has 1 atom stereocenters. The third-order valence-corrected chi connectivity index (χ3v) is 7.13. The van der Waals surface area contributed by atoms with Crippen molar-refractivity contribution in [1.82, 2.24) is 29.0 Å². The molecule has 4 heterocycles. The lowest BCUT2D eigenvalue weighted by atomic mass is 9.91. The van der Waals surface area contributed by atoms with Crippen molar-refractivity contribution in [2.45, 2.75) is 44.1 Å². The molecule has 154 valence electrons. The van der Waals surface area contributed by atoms with Gasteiger partial charge in [-0.1, -0.05) is 0 Å². The van der Waals surface area contributed by atoms with Crippen LogP contribution in [0.15, 0.2) is 12.1 Å². The van der Waals surface area contributed by atoms with E-state index in [1.54, 1.807) is 0 Å². The van der Waals surface area contributed by atoms with Crippen LogP contribution in [0.3, 0.4) is 0 Å². The van der Waals surface area contributed by atoms with Crippen molar-refractivity contribution >= 4 is 15.7 Å². The minimum absolute atomic E-state index is 0.184. The Morgan fingerprint density at radius 1 is 1.21 bits per heavy atom. The summed E-state index contributed by atoms with van der Waals surface area (Å²) in [6.45, 7) is 4.82. The maximum atomic E-state index is 11.9. The fourth-order valence-electron chi connectivity index (χ4n) is 4.40. The van der Waals surface area contributed by atoms with Gasteiger partial charge >= 0.3 is 0 Å². The number of fused-ring (bicyclic) bond motifs is 1. The average Bonchev–Trinajstić information content (AvgIpc) is 3.04. The summed E-state index contributed by atoms with van der Waals surface area (Å²) in [7, 11) is -3.27. The minimum Gasteiger partial charge on any atom is -0.387 e. The van der Waals surface area contributed by atoms with E-state index in [2.05, 4.69) is 20.2 Å². The Labute approximate surface area is 165 Å². The normalized spacial score (nSPS) is 26.1. The predicted molar refractivity (Wildman–Crippen MR) is 105 cm³/mol. The molecular formula is C18H28N6O3S. The Hall–Kier alpha value is -1.62. The number of aliphatic hydroxyl groups is 1. The van der Waals surface area contributed by atoms with Crippen LogP contribution in [-0.4, -0.2) is 87.1 Å². The van der Waals surface area contributed by atoms with E-state index >= 15 is 0 Å². The fraction of sp³-hybridized carbons (Fsp3) is 0.722. The van der Waals surface area contributed by atoms with Crippen LogP contribution in [0.4, 0.5) is 0 Å². The van der Waals surface area contributed by atoms with Gasteiger partial charge in [-0.3, -0.25) is 0 Å². The highest BCUT2D eigenvalue weighted by atomic mass is 32.2. The zero-order chi connectivity index (χ0) is 19.9. The first kappa shape index (κ1) is 19.7. The van der Waals surface area contributed by atoms with Crippen molar-refractivity contribution in [3.8, 4) is 0 Å². The summed E-state index contributed by atoms with van der Waals surface area (Å²) in [5, 5.41) is 24.1. The molecule has 2 fully saturated rings. The molecule has 0 amide bonds. The molecular weight excluding hydrogens is 380 g/mol. The molecule has 2 aromatic rings. The summed E-state index contributed by atoms with van der Waals surface area (Å²) in [6.07, 6.45) is 4.38. The van der Waals surface area contributed by atoms with Crippen LogP contribution in [0.2, 0.25) is 0 Å². The summed E-state index contributed by atoms with van der Waals surface area (Å²) in [5.74, 6) is 1.19. The van der Waals surface area contributed by atoms with Gasteiger partial charge < -0.3 is 10.0 Å². The number of hydrogen-bond acceptors (Lipinski definition) is 7. The van der Waals surface area contributed by atoms with Gasteiger partial charge in [-0.2, -0.15) is 13.9 Å². The molecule has 0 bridgehead atoms. The first-order valence-electron chi connectivity index (χ1n) is 9.82. The van der Waals surface area contributed by atoms with Crippen molar-refractivity contribution < 1.29 is 13.5 Å². The Morgan fingerprint density at radius 2 is 1.96 bits per heavy atom. The third kappa shape index (κ3) is 4.05. The summed E-state index contributed by atoms with van der Waals surface area (Å²) in [6, 6.07) is 3.86. The highest BCUT2D eigenvalue weighted by molar-refractivity contribution is 7.88. The van der Waals surface area contributed by atoms with Gasteiger partial charge in [0.25, 0.3) is 0 Å². The van der Waals surface area contributed by atoms with E-state index < -0.39 is 15.6 Å². The number of aromatic nitrogens is 4.